The number of aromatic nitrogens is 1. The molecule has 2 aliphatic rings. The molecule has 5 rings (SSSR count). The van der Waals surface area contributed by atoms with E-state index in [-0.39, 0.29) is 17.7 Å². The van der Waals surface area contributed by atoms with Crippen molar-refractivity contribution in [1.82, 2.24) is 19.7 Å². The number of imide groups is 1. The minimum Gasteiger partial charge on any atom is -0.508 e. The van der Waals surface area contributed by atoms with Gasteiger partial charge in [-0.05, 0) is 54.9 Å². The highest BCUT2D eigenvalue weighted by Gasteiger charge is 2.60. The molecule has 3 heterocycles. The maximum Gasteiger partial charge on any atom is 0.328 e. The van der Waals surface area contributed by atoms with Crippen LogP contribution in [0.25, 0.3) is 10.9 Å². The molecule has 2 aromatic carbocycles. The minimum absolute atomic E-state index is 0.107. The lowest BCUT2D eigenvalue weighted by Crippen LogP contribution is -2.53. The first kappa shape index (κ1) is 25.1. The first-order valence-electron chi connectivity index (χ1n) is 12.7. The van der Waals surface area contributed by atoms with E-state index in [4.69, 9.17) is 9.47 Å². The quantitative estimate of drug-likeness (QED) is 0.431. The molecule has 3 amide bonds. The van der Waals surface area contributed by atoms with E-state index in [2.05, 4.69) is 16.8 Å². The zero-order chi connectivity index (χ0) is 26.3. The first-order valence-corrected chi connectivity index (χ1v) is 12.7. The van der Waals surface area contributed by atoms with Gasteiger partial charge in [0.1, 0.15) is 23.1 Å². The summed E-state index contributed by atoms with van der Waals surface area (Å²) in [5, 5.41) is 11.3. The summed E-state index contributed by atoms with van der Waals surface area (Å²) in [6, 6.07) is 11.8. The number of amides is 3. The lowest BCUT2D eigenvalue weighted by Gasteiger charge is -2.42. The van der Waals surface area contributed by atoms with Crippen molar-refractivity contribution in [2.75, 3.05) is 47.0 Å². The molecule has 2 aliphatic heterocycles. The van der Waals surface area contributed by atoms with Gasteiger partial charge in [0.25, 0.3) is 5.91 Å². The Morgan fingerprint density at radius 3 is 2.68 bits per heavy atom. The van der Waals surface area contributed by atoms with Gasteiger partial charge in [0.05, 0.1) is 13.7 Å². The number of urea groups is 1. The molecule has 1 aromatic heterocycles. The topological polar surface area (TPSA) is 98.3 Å². The number of H-pyrrole nitrogens is 1. The fourth-order valence-electron chi connectivity index (χ4n) is 5.75. The standard InChI is InChI=1S/C28H34N4O5/c1-5-30(13-14-36-3)11-12-31-26(34)28(2)17-22-21-16-20(37-4)9-10-23(21)29-24(22)25(32(28)27(31)35)18-7-6-8-19(33)15-18/h6-10,15-16,25,29,33H,5,11-14,17H2,1-4H3. The van der Waals surface area contributed by atoms with Crippen LogP contribution in [0.4, 0.5) is 4.79 Å². The molecule has 0 spiro atoms. The van der Waals surface area contributed by atoms with Crippen LogP contribution >= 0.6 is 0 Å². The molecular weight excluding hydrogens is 472 g/mol. The number of phenolic OH excluding ortho intramolecular Hbond substituents is 1. The number of benzene rings is 2. The number of carbonyl (C=O) groups excluding carboxylic acids is 2. The van der Waals surface area contributed by atoms with E-state index < -0.39 is 11.6 Å². The Balaban J connectivity index is 1.59. The van der Waals surface area contributed by atoms with Crippen molar-refractivity contribution in [3.05, 3.63) is 59.3 Å². The molecule has 9 heteroatoms. The second-order valence-corrected chi connectivity index (χ2v) is 9.91. The third-order valence-corrected chi connectivity index (χ3v) is 7.76. The number of hydrogen-bond acceptors (Lipinski definition) is 6. The Kier molecular flexibility index (Phi) is 6.59. The highest BCUT2D eigenvalue weighted by atomic mass is 16.5. The molecule has 37 heavy (non-hydrogen) atoms. The average Bonchev–Trinajstić information content (AvgIpc) is 3.34. The maximum atomic E-state index is 14.0. The molecule has 2 unspecified atom stereocenters. The summed E-state index contributed by atoms with van der Waals surface area (Å²) in [5.41, 5.74) is 2.42. The van der Waals surface area contributed by atoms with Crippen LogP contribution in [0.3, 0.4) is 0 Å². The smallest absolute Gasteiger partial charge is 0.328 e. The molecule has 196 valence electrons. The number of aromatic amines is 1. The SMILES string of the molecule is CCN(CCOC)CCN1C(=O)N2C(c3cccc(O)c3)c3[nH]c4ccc(OC)cc4c3CC2(C)C1=O. The maximum absolute atomic E-state index is 14.0. The molecule has 1 saturated heterocycles. The minimum atomic E-state index is -1.07. The van der Waals surface area contributed by atoms with Crippen molar-refractivity contribution in [3.8, 4) is 11.5 Å². The lowest BCUT2D eigenvalue weighted by atomic mass is 9.81. The van der Waals surface area contributed by atoms with Crippen LogP contribution in [0.1, 0.15) is 36.7 Å². The summed E-state index contributed by atoms with van der Waals surface area (Å²) >= 11 is 0. The van der Waals surface area contributed by atoms with Crippen LogP contribution < -0.4 is 4.74 Å². The van der Waals surface area contributed by atoms with Gasteiger partial charge in [0, 0.05) is 49.8 Å². The average molecular weight is 507 g/mol. The van der Waals surface area contributed by atoms with Crippen LogP contribution in [0.5, 0.6) is 11.5 Å². The Morgan fingerprint density at radius 2 is 1.97 bits per heavy atom. The molecule has 2 N–H and O–H groups in total. The van der Waals surface area contributed by atoms with Crippen LogP contribution in [-0.2, 0) is 16.0 Å². The Bertz CT molecular complexity index is 1340. The van der Waals surface area contributed by atoms with Crippen molar-refractivity contribution < 1.29 is 24.2 Å². The fourth-order valence-corrected chi connectivity index (χ4v) is 5.75. The van der Waals surface area contributed by atoms with Gasteiger partial charge in [-0.15, -0.1) is 0 Å². The summed E-state index contributed by atoms with van der Waals surface area (Å²) in [6.07, 6.45) is 0.382. The molecule has 3 aromatic rings. The molecule has 0 saturated carbocycles. The lowest BCUT2D eigenvalue weighted by molar-refractivity contribution is -0.133. The van der Waals surface area contributed by atoms with Crippen molar-refractivity contribution >= 4 is 22.8 Å². The van der Waals surface area contributed by atoms with E-state index in [9.17, 15) is 14.7 Å². The third-order valence-electron chi connectivity index (χ3n) is 7.76. The number of nitrogens with zero attached hydrogens (tertiary/aromatic N) is 3. The number of rotatable bonds is 9. The van der Waals surface area contributed by atoms with Gasteiger partial charge in [-0.1, -0.05) is 19.1 Å². The van der Waals surface area contributed by atoms with Crippen molar-refractivity contribution in [2.24, 2.45) is 0 Å². The largest absolute Gasteiger partial charge is 0.508 e. The highest BCUT2D eigenvalue weighted by Crippen LogP contribution is 2.49. The molecule has 1 fully saturated rings. The summed E-state index contributed by atoms with van der Waals surface area (Å²) in [5.74, 6) is 0.631. The molecule has 0 aliphatic carbocycles. The van der Waals surface area contributed by atoms with Gasteiger partial charge in [0.15, 0.2) is 0 Å². The van der Waals surface area contributed by atoms with Crippen molar-refractivity contribution in [1.29, 1.82) is 0 Å². The van der Waals surface area contributed by atoms with Gasteiger partial charge in [-0.25, -0.2) is 4.79 Å². The molecule has 2 atom stereocenters. The van der Waals surface area contributed by atoms with E-state index in [0.29, 0.717) is 26.1 Å². The number of methoxy groups -OCH3 is 2. The van der Waals surface area contributed by atoms with Gasteiger partial charge in [0.2, 0.25) is 0 Å². The molecular formula is C28H34N4O5. The highest BCUT2D eigenvalue weighted by molar-refractivity contribution is 6.08. The first-order chi connectivity index (χ1) is 17.8. The van der Waals surface area contributed by atoms with E-state index in [1.54, 1.807) is 37.3 Å². The van der Waals surface area contributed by atoms with Gasteiger partial charge < -0.3 is 19.6 Å². The van der Waals surface area contributed by atoms with Crippen LogP contribution in [0, 0.1) is 0 Å². The molecule has 9 nitrogen and oxygen atoms in total. The Morgan fingerprint density at radius 1 is 1.16 bits per heavy atom. The number of likely N-dealkylation sites (N-methyl/N-ethyl adjacent to an activating group) is 1. The summed E-state index contributed by atoms with van der Waals surface area (Å²) in [6.45, 7) is 6.90. The second kappa shape index (κ2) is 9.72. The predicted octanol–water partition coefficient (Wildman–Crippen LogP) is 3.52. The zero-order valence-electron chi connectivity index (χ0n) is 21.8. The Labute approximate surface area is 216 Å². The van der Waals surface area contributed by atoms with Crippen molar-refractivity contribution in [2.45, 2.75) is 31.8 Å². The summed E-state index contributed by atoms with van der Waals surface area (Å²) in [4.78, 5) is 36.7. The van der Waals surface area contributed by atoms with E-state index in [1.807, 2.05) is 31.2 Å². The van der Waals surface area contributed by atoms with Crippen LogP contribution in [0.2, 0.25) is 0 Å². The van der Waals surface area contributed by atoms with Gasteiger partial charge in [-0.2, -0.15) is 0 Å². The number of carbonyl (C=O) groups is 2. The summed E-state index contributed by atoms with van der Waals surface area (Å²) < 4.78 is 10.7. The van der Waals surface area contributed by atoms with Crippen LogP contribution in [0.15, 0.2) is 42.5 Å². The normalized spacial score (nSPS) is 21.2. The number of hydrogen-bond donors (Lipinski definition) is 2. The van der Waals surface area contributed by atoms with E-state index in [1.165, 1.54) is 4.90 Å². The number of ether oxygens (including phenoxy) is 2. The zero-order valence-corrected chi connectivity index (χ0v) is 21.8. The van der Waals surface area contributed by atoms with E-state index >= 15 is 0 Å². The van der Waals surface area contributed by atoms with Gasteiger partial charge in [-0.3, -0.25) is 19.5 Å². The Hall–Kier alpha value is -3.56. The number of aromatic hydroxyl groups is 1. The van der Waals surface area contributed by atoms with Gasteiger partial charge >= 0.3 is 6.03 Å². The predicted molar refractivity (Wildman–Crippen MR) is 140 cm³/mol. The summed E-state index contributed by atoms with van der Waals surface area (Å²) in [7, 11) is 3.29. The fraction of sp³-hybridized carbons (Fsp3) is 0.429. The number of phenols is 1. The third kappa shape index (κ3) is 4.12. The molecule has 0 radical (unpaired) electrons. The van der Waals surface area contributed by atoms with Crippen molar-refractivity contribution in [3.63, 3.8) is 0 Å². The number of nitrogens with one attached hydrogen (secondary N) is 1. The number of fused-ring (bicyclic) bond motifs is 4. The molecule has 0 bridgehead atoms. The van der Waals surface area contributed by atoms with Crippen LogP contribution in [-0.4, -0.2) is 89.3 Å². The second-order valence-electron chi connectivity index (χ2n) is 9.91. The monoisotopic (exact) mass is 506 g/mol. The van der Waals surface area contributed by atoms with E-state index in [0.717, 1.165) is 46.6 Å².